The molecule has 2 N–H and O–H groups in total. The maximum atomic E-state index is 11.5. The number of benzene rings is 1. The highest BCUT2D eigenvalue weighted by molar-refractivity contribution is 7.99. The van der Waals surface area contributed by atoms with Crippen molar-refractivity contribution >= 4 is 23.4 Å². The maximum Gasteiger partial charge on any atom is 0.337 e. The second kappa shape index (κ2) is 5.18. The molecule has 0 aliphatic carbocycles. The van der Waals surface area contributed by atoms with Crippen molar-refractivity contribution in [2.24, 2.45) is 0 Å². The summed E-state index contributed by atoms with van der Waals surface area (Å²) in [6.45, 7) is 1.88. The molecule has 0 fully saturated rings. The first kappa shape index (κ1) is 12.6. The van der Waals surface area contributed by atoms with E-state index in [1.54, 1.807) is 24.5 Å². The summed E-state index contributed by atoms with van der Waals surface area (Å²) >= 11 is 1.46. The smallest absolute Gasteiger partial charge is 0.337 e. The number of carbonyl (C=O) groups excluding carboxylic acids is 1. The van der Waals surface area contributed by atoms with E-state index in [-0.39, 0.29) is 5.97 Å². The van der Waals surface area contributed by atoms with Crippen molar-refractivity contribution in [1.29, 1.82) is 0 Å². The average Bonchev–Trinajstić information content (AvgIpc) is 2.77. The third kappa shape index (κ3) is 2.51. The number of nitrogens with two attached hydrogens (primary N) is 1. The Balaban J connectivity index is 2.32. The van der Waals surface area contributed by atoms with Crippen LogP contribution in [0.25, 0.3) is 0 Å². The van der Waals surface area contributed by atoms with Gasteiger partial charge in [0.2, 0.25) is 0 Å². The van der Waals surface area contributed by atoms with Gasteiger partial charge in [-0.1, -0.05) is 11.8 Å². The van der Waals surface area contributed by atoms with E-state index in [0.29, 0.717) is 11.3 Å². The predicted molar refractivity (Wildman–Crippen MR) is 69.8 cm³/mol. The molecule has 0 aliphatic heterocycles. The number of hydrogen-bond donors (Lipinski definition) is 1. The summed E-state index contributed by atoms with van der Waals surface area (Å²) in [4.78, 5) is 13.2. The van der Waals surface area contributed by atoms with Crippen molar-refractivity contribution in [2.45, 2.75) is 16.7 Å². The first-order valence-electron chi connectivity index (χ1n) is 5.31. The van der Waals surface area contributed by atoms with E-state index >= 15 is 0 Å². The standard InChI is InChI=1S/C13H13NO3S/c1-8-11(5-6-17-8)18-12-7-9(13(15)16-2)3-4-10(12)14/h3-7H,14H2,1-2H3. The van der Waals surface area contributed by atoms with Crippen LogP contribution in [0.3, 0.4) is 0 Å². The van der Waals surface area contributed by atoms with Gasteiger partial charge in [-0.2, -0.15) is 0 Å². The lowest BCUT2D eigenvalue weighted by molar-refractivity contribution is 0.0600. The number of methoxy groups -OCH3 is 1. The van der Waals surface area contributed by atoms with E-state index in [4.69, 9.17) is 10.2 Å². The largest absolute Gasteiger partial charge is 0.468 e. The fourth-order valence-electron chi connectivity index (χ4n) is 1.47. The van der Waals surface area contributed by atoms with Crippen LogP contribution in [0.15, 0.2) is 44.7 Å². The summed E-state index contributed by atoms with van der Waals surface area (Å²) in [6, 6.07) is 6.93. The molecule has 0 radical (unpaired) electrons. The summed E-state index contributed by atoms with van der Waals surface area (Å²) in [6.07, 6.45) is 1.62. The third-order valence-electron chi connectivity index (χ3n) is 2.47. The predicted octanol–water partition coefficient (Wildman–Crippen LogP) is 3.11. The SMILES string of the molecule is COC(=O)c1ccc(N)c(Sc2ccoc2C)c1. The summed E-state index contributed by atoms with van der Waals surface area (Å²) in [7, 11) is 1.35. The van der Waals surface area contributed by atoms with E-state index in [1.807, 2.05) is 13.0 Å². The molecule has 0 saturated carbocycles. The van der Waals surface area contributed by atoms with Crippen LogP contribution in [-0.4, -0.2) is 13.1 Å². The minimum atomic E-state index is -0.374. The second-order valence-corrected chi connectivity index (χ2v) is 4.77. The van der Waals surface area contributed by atoms with Crippen LogP contribution in [0.5, 0.6) is 0 Å². The van der Waals surface area contributed by atoms with Gasteiger partial charge >= 0.3 is 5.97 Å². The number of anilines is 1. The van der Waals surface area contributed by atoms with Gasteiger partial charge in [0.15, 0.2) is 0 Å². The Bertz CT molecular complexity index is 577. The van der Waals surface area contributed by atoms with Crippen LogP contribution in [-0.2, 0) is 4.74 Å². The van der Waals surface area contributed by atoms with Gasteiger partial charge < -0.3 is 14.9 Å². The molecule has 4 nitrogen and oxygen atoms in total. The molecule has 94 valence electrons. The number of carbonyl (C=O) groups is 1. The van der Waals surface area contributed by atoms with Crippen LogP contribution in [0.4, 0.5) is 5.69 Å². The average molecular weight is 263 g/mol. The third-order valence-corrected chi connectivity index (χ3v) is 3.68. The molecular weight excluding hydrogens is 250 g/mol. The zero-order valence-electron chi connectivity index (χ0n) is 10.1. The van der Waals surface area contributed by atoms with Gasteiger partial charge in [-0.25, -0.2) is 4.79 Å². The molecule has 18 heavy (non-hydrogen) atoms. The molecule has 2 aromatic rings. The zero-order valence-corrected chi connectivity index (χ0v) is 10.9. The molecule has 0 aliphatic rings. The minimum absolute atomic E-state index is 0.374. The summed E-state index contributed by atoms with van der Waals surface area (Å²) in [5.74, 6) is 0.448. The number of esters is 1. The van der Waals surface area contributed by atoms with Crippen molar-refractivity contribution < 1.29 is 13.9 Å². The zero-order chi connectivity index (χ0) is 13.1. The van der Waals surface area contributed by atoms with E-state index in [2.05, 4.69) is 4.74 Å². The molecule has 0 unspecified atom stereocenters. The summed E-state index contributed by atoms with van der Waals surface area (Å²) in [5, 5.41) is 0. The van der Waals surface area contributed by atoms with Crippen LogP contribution in [0.1, 0.15) is 16.1 Å². The highest BCUT2D eigenvalue weighted by Gasteiger charge is 2.11. The molecule has 5 heteroatoms. The van der Waals surface area contributed by atoms with Crippen molar-refractivity contribution in [2.75, 3.05) is 12.8 Å². The fourth-order valence-corrected chi connectivity index (χ4v) is 2.39. The second-order valence-electron chi connectivity index (χ2n) is 3.69. The number of furan rings is 1. The Labute approximate surface area is 109 Å². The number of aryl methyl sites for hydroxylation is 1. The first-order valence-corrected chi connectivity index (χ1v) is 6.13. The Morgan fingerprint density at radius 3 is 2.72 bits per heavy atom. The van der Waals surface area contributed by atoms with Crippen molar-refractivity contribution in [3.05, 3.63) is 41.9 Å². The Morgan fingerprint density at radius 1 is 1.33 bits per heavy atom. The number of hydrogen-bond acceptors (Lipinski definition) is 5. The van der Waals surface area contributed by atoms with Crippen molar-refractivity contribution in [1.82, 2.24) is 0 Å². The highest BCUT2D eigenvalue weighted by Crippen LogP contribution is 2.35. The highest BCUT2D eigenvalue weighted by atomic mass is 32.2. The lowest BCUT2D eigenvalue weighted by Crippen LogP contribution is -2.02. The molecule has 0 spiro atoms. The van der Waals surface area contributed by atoms with Gasteiger partial charge in [0.25, 0.3) is 0 Å². The molecule has 0 saturated heterocycles. The van der Waals surface area contributed by atoms with Gasteiger partial charge in [-0.3, -0.25) is 0 Å². The van der Waals surface area contributed by atoms with Crippen molar-refractivity contribution in [3.8, 4) is 0 Å². The molecule has 0 bridgehead atoms. The Kier molecular flexibility index (Phi) is 3.62. The van der Waals surface area contributed by atoms with Crippen LogP contribution >= 0.6 is 11.8 Å². The molecule has 0 atom stereocenters. The molecule has 2 rings (SSSR count). The van der Waals surface area contributed by atoms with E-state index in [9.17, 15) is 4.79 Å². The molecule has 1 aromatic carbocycles. The normalized spacial score (nSPS) is 10.3. The lowest BCUT2D eigenvalue weighted by atomic mass is 10.2. The van der Waals surface area contributed by atoms with E-state index < -0.39 is 0 Å². The number of ether oxygens (including phenoxy) is 1. The number of rotatable bonds is 3. The van der Waals surface area contributed by atoms with Crippen LogP contribution in [0.2, 0.25) is 0 Å². The monoisotopic (exact) mass is 263 g/mol. The fraction of sp³-hybridized carbons (Fsp3) is 0.154. The maximum absolute atomic E-state index is 11.5. The number of nitrogen functional groups attached to an aromatic ring is 1. The lowest BCUT2D eigenvalue weighted by Gasteiger charge is -2.06. The Morgan fingerprint density at radius 2 is 2.11 bits per heavy atom. The van der Waals surface area contributed by atoms with Crippen LogP contribution < -0.4 is 5.73 Å². The molecule has 1 heterocycles. The first-order chi connectivity index (χ1) is 8.61. The van der Waals surface area contributed by atoms with Crippen molar-refractivity contribution in [3.63, 3.8) is 0 Å². The summed E-state index contributed by atoms with van der Waals surface area (Å²) < 4.78 is 9.90. The molecule has 1 aromatic heterocycles. The topological polar surface area (TPSA) is 65.5 Å². The van der Waals surface area contributed by atoms with Crippen LogP contribution in [0, 0.1) is 6.92 Å². The minimum Gasteiger partial charge on any atom is -0.468 e. The van der Waals surface area contributed by atoms with Gasteiger partial charge in [-0.15, -0.1) is 0 Å². The quantitative estimate of drug-likeness (QED) is 0.681. The van der Waals surface area contributed by atoms with Gasteiger partial charge in [0.05, 0.1) is 23.8 Å². The van der Waals surface area contributed by atoms with Gasteiger partial charge in [0.1, 0.15) is 5.76 Å². The van der Waals surface area contributed by atoms with Gasteiger partial charge in [0, 0.05) is 10.6 Å². The van der Waals surface area contributed by atoms with Gasteiger partial charge in [-0.05, 0) is 31.2 Å². The van der Waals surface area contributed by atoms with E-state index in [1.165, 1.54) is 18.9 Å². The Hall–Kier alpha value is -1.88. The summed E-state index contributed by atoms with van der Waals surface area (Å²) in [5.41, 5.74) is 6.99. The van der Waals surface area contributed by atoms with E-state index in [0.717, 1.165) is 15.6 Å². The molecule has 0 amide bonds. The molecular formula is C13H13NO3S.